The molecule has 0 bridgehead atoms. The van der Waals surface area contributed by atoms with E-state index in [9.17, 15) is 0 Å². The lowest BCUT2D eigenvalue weighted by atomic mass is 9.65. The molecule has 0 spiro atoms. The van der Waals surface area contributed by atoms with E-state index in [2.05, 4.69) is 229 Å². The SMILES string of the molecule is c1ccc(N(c2ccc(-c3ccc(C(c4ccccc4)(c4ccccc4)c4ccccc4)cc3)cc2)c2ccc(-c3ccc4oc5ccccc5c4c3)cc2)cc1. The van der Waals surface area contributed by atoms with Gasteiger partial charge in [0.2, 0.25) is 0 Å². The highest BCUT2D eigenvalue weighted by atomic mass is 16.3. The topological polar surface area (TPSA) is 16.4 Å². The quantitative estimate of drug-likeness (QED) is 0.138. The van der Waals surface area contributed by atoms with Gasteiger partial charge in [-0.15, -0.1) is 0 Å². The lowest BCUT2D eigenvalue weighted by molar-refractivity contribution is 0.669. The number of benzene rings is 9. The van der Waals surface area contributed by atoms with Gasteiger partial charge < -0.3 is 9.32 Å². The molecule has 0 amide bonds. The van der Waals surface area contributed by atoms with Gasteiger partial charge in [-0.2, -0.15) is 0 Å². The van der Waals surface area contributed by atoms with E-state index in [4.69, 9.17) is 4.42 Å². The summed E-state index contributed by atoms with van der Waals surface area (Å²) in [7, 11) is 0. The maximum absolute atomic E-state index is 6.09. The number of anilines is 3. The third-order valence-corrected chi connectivity index (χ3v) is 11.2. The van der Waals surface area contributed by atoms with Crippen molar-refractivity contribution in [2.45, 2.75) is 5.41 Å². The molecule has 0 aliphatic rings. The fourth-order valence-corrected chi connectivity index (χ4v) is 8.51. The summed E-state index contributed by atoms with van der Waals surface area (Å²) in [5.74, 6) is 0. The summed E-state index contributed by atoms with van der Waals surface area (Å²) in [6.45, 7) is 0. The minimum atomic E-state index is -0.474. The second-order valence-corrected chi connectivity index (χ2v) is 14.5. The molecule has 0 saturated carbocycles. The molecule has 0 atom stereocenters. The van der Waals surface area contributed by atoms with Crippen molar-refractivity contribution in [1.29, 1.82) is 0 Å². The number of furan rings is 1. The third-order valence-electron chi connectivity index (χ3n) is 11.2. The summed E-state index contributed by atoms with van der Waals surface area (Å²) in [5.41, 5.74) is 14.2. The van der Waals surface area contributed by atoms with Crippen molar-refractivity contribution in [3.63, 3.8) is 0 Å². The van der Waals surface area contributed by atoms with Crippen LogP contribution in [0.4, 0.5) is 17.1 Å². The molecule has 0 aliphatic carbocycles. The van der Waals surface area contributed by atoms with Crippen molar-refractivity contribution in [2.24, 2.45) is 0 Å². The van der Waals surface area contributed by atoms with Crippen molar-refractivity contribution < 1.29 is 4.42 Å². The van der Waals surface area contributed by atoms with Crippen molar-refractivity contribution in [3.05, 3.63) is 259 Å². The number of rotatable bonds is 9. The van der Waals surface area contributed by atoms with Crippen LogP contribution in [0.3, 0.4) is 0 Å². The molecule has 0 fully saturated rings. The average molecular weight is 730 g/mol. The van der Waals surface area contributed by atoms with Crippen LogP contribution in [0.2, 0.25) is 0 Å². The van der Waals surface area contributed by atoms with Crippen LogP contribution < -0.4 is 4.90 Å². The first-order valence-corrected chi connectivity index (χ1v) is 19.5. The zero-order chi connectivity index (χ0) is 38.0. The molecule has 0 saturated heterocycles. The third kappa shape index (κ3) is 6.18. The summed E-state index contributed by atoms with van der Waals surface area (Å²) in [6, 6.07) is 84.8. The summed E-state index contributed by atoms with van der Waals surface area (Å²) >= 11 is 0. The van der Waals surface area contributed by atoms with E-state index < -0.39 is 5.41 Å². The van der Waals surface area contributed by atoms with Crippen LogP contribution in [-0.4, -0.2) is 0 Å². The Kier molecular flexibility index (Phi) is 8.78. The highest BCUT2D eigenvalue weighted by Gasteiger charge is 2.38. The Bertz CT molecular complexity index is 2800. The molecule has 0 unspecified atom stereocenters. The molecular formula is C55H39NO. The van der Waals surface area contributed by atoms with E-state index >= 15 is 0 Å². The summed E-state index contributed by atoms with van der Waals surface area (Å²) in [4.78, 5) is 2.32. The van der Waals surface area contributed by atoms with Crippen LogP contribution in [0.1, 0.15) is 22.3 Å². The average Bonchev–Trinajstić information content (AvgIpc) is 3.67. The van der Waals surface area contributed by atoms with Gasteiger partial charge in [-0.05, 0) is 99.1 Å². The molecule has 2 heteroatoms. The Morgan fingerprint density at radius 3 is 1.18 bits per heavy atom. The Labute approximate surface area is 333 Å². The lowest BCUT2D eigenvalue weighted by Crippen LogP contribution is -2.30. The fourth-order valence-electron chi connectivity index (χ4n) is 8.51. The molecule has 10 aromatic rings. The Balaban J connectivity index is 0.987. The Morgan fingerprint density at radius 1 is 0.281 bits per heavy atom. The predicted octanol–water partition coefficient (Wildman–Crippen LogP) is 14.8. The first kappa shape index (κ1) is 34.1. The van der Waals surface area contributed by atoms with E-state index in [-0.39, 0.29) is 0 Å². The van der Waals surface area contributed by atoms with E-state index in [0.717, 1.165) is 50.1 Å². The zero-order valence-corrected chi connectivity index (χ0v) is 31.4. The van der Waals surface area contributed by atoms with Crippen molar-refractivity contribution >= 4 is 39.0 Å². The monoisotopic (exact) mass is 729 g/mol. The van der Waals surface area contributed by atoms with Gasteiger partial charge in [0.25, 0.3) is 0 Å². The molecule has 1 heterocycles. The molecular weight excluding hydrogens is 691 g/mol. The number of para-hydroxylation sites is 2. The van der Waals surface area contributed by atoms with Gasteiger partial charge in [-0.25, -0.2) is 0 Å². The molecule has 1 aromatic heterocycles. The highest BCUT2D eigenvalue weighted by Crippen LogP contribution is 2.46. The van der Waals surface area contributed by atoms with E-state index in [0.29, 0.717) is 0 Å². The Morgan fingerprint density at radius 2 is 0.649 bits per heavy atom. The molecule has 0 N–H and O–H groups in total. The van der Waals surface area contributed by atoms with Crippen LogP contribution in [-0.2, 0) is 5.41 Å². The molecule has 0 radical (unpaired) electrons. The van der Waals surface area contributed by atoms with Gasteiger partial charge in [0.15, 0.2) is 0 Å². The van der Waals surface area contributed by atoms with Crippen LogP contribution in [0.15, 0.2) is 241 Å². The minimum absolute atomic E-state index is 0.474. The van der Waals surface area contributed by atoms with Crippen LogP contribution in [0, 0.1) is 0 Å². The second-order valence-electron chi connectivity index (χ2n) is 14.5. The van der Waals surface area contributed by atoms with E-state index in [1.54, 1.807) is 0 Å². The molecule has 9 aromatic carbocycles. The maximum atomic E-state index is 6.09. The standard InChI is InChI=1S/C55H39NO/c1-5-15-44(16-6-1)55(45-17-7-2-8-18-45,46-19-9-3-10-20-46)47-32-25-40(26-33-47)41-27-34-49(35-28-41)56(48-21-11-4-12-22-48)50-36-29-42(30-37-50)43-31-38-54-52(39-43)51-23-13-14-24-53(51)57-54/h1-39H. The number of nitrogens with zero attached hydrogens (tertiary/aromatic N) is 1. The van der Waals surface area contributed by atoms with Crippen LogP contribution in [0.5, 0.6) is 0 Å². The normalized spacial score (nSPS) is 11.5. The summed E-state index contributed by atoms with van der Waals surface area (Å²) in [5, 5.41) is 2.27. The largest absolute Gasteiger partial charge is 0.456 e. The smallest absolute Gasteiger partial charge is 0.135 e. The lowest BCUT2D eigenvalue weighted by Gasteiger charge is -2.37. The molecule has 10 rings (SSSR count). The van der Waals surface area contributed by atoms with Crippen molar-refractivity contribution in [1.82, 2.24) is 0 Å². The number of hydrogen-bond acceptors (Lipinski definition) is 2. The molecule has 0 aliphatic heterocycles. The second kappa shape index (κ2) is 14.7. The highest BCUT2D eigenvalue weighted by molar-refractivity contribution is 6.06. The molecule has 270 valence electrons. The minimum Gasteiger partial charge on any atom is -0.456 e. The van der Waals surface area contributed by atoms with Gasteiger partial charge in [-0.3, -0.25) is 0 Å². The fraction of sp³-hybridized carbons (Fsp3) is 0.0182. The summed E-state index contributed by atoms with van der Waals surface area (Å²) < 4.78 is 6.09. The van der Waals surface area contributed by atoms with Crippen LogP contribution in [0.25, 0.3) is 44.2 Å². The van der Waals surface area contributed by atoms with Gasteiger partial charge in [-0.1, -0.05) is 182 Å². The predicted molar refractivity (Wildman–Crippen MR) is 238 cm³/mol. The first-order valence-electron chi connectivity index (χ1n) is 19.5. The van der Waals surface area contributed by atoms with E-state index in [1.807, 2.05) is 12.1 Å². The van der Waals surface area contributed by atoms with Gasteiger partial charge in [0.05, 0.1) is 5.41 Å². The maximum Gasteiger partial charge on any atom is 0.135 e. The van der Waals surface area contributed by atoms with Gasteiger partial charge >= 0.3 is 0 Å². The first-order chi connectivity index (χ1) is 28.3. The Hall–Kier alpha value is -7.42. The number of fused-ring (bicyclic) bond motifs is 3. The van der Waals surface area contributed by atoms with Crippen LogP contribution >= 0.6 is 0 Å². The van der Waals surface area contributed by atoms with Gasteiger partial charge in [0, 0.05) is 27.8 Å². The molecule has 2 nitrogen and oxygen atoms in total. The summed E-state index contributed by atoms with van der Waals surface area (Å²) in [6.07, 6.45) is 0. The van der Waals surface area contributed by atoms with E-state index in [1.165, 1.54) is 33.4 Å². The molecule has 57 heavy (non-hydrogen) atoms. The number of hydrogen-bond donors (Lipinski definition) is 0. The van der Waals surface area contributed by atoms with Crippen molar-refractivity contribution in [3.8, 4) is 22.3 Å². The van der Waals surface area contributed by atoms with Gasteiger partial charge in [0.1, 0.15) is 11.2 Å². The van der Waals surface area contributed by atoms with Crippen molar-refractivity contribution in [2.75, 3.05) is 4.90 Å². The zero-order valence-electron chi connectivity index (χ0n) is 31.4.